The highest BCUT2D eigenvalue weighted by atomic mass is 35.5. The molecule has 0 heterocycles. The maximum atomic E-state index is 10.3. The Kier molecular flexibility index (Phi) is 9.08. The van der Waals surface area contributed by atoms with Gasteiger partial charge in [-0.05, 0) is 42.7 Å². The van der Waals surface area contributed by atoms with Gasteiger partial charge >= 0.3 is 0 Å². The number of aliphatic hydroxyl groups is 1. The average Bonchev–Trinajstić information content (AvgIpc) is 3.22. The highest BCUT2D eigenvalue weighted by Crippen LogP contribution is 2.43. The minimum Gasteiger partial charge on any atom is -0.493 e. The summed E-state index contributed by atoms with van der Waals surface area (Å²) in [6, 6.07) is 15.8. The molecule has 1 atom stereocenters. The molecular weight excluding hydrogens is 390 g/mol. The van der Waals surface area contributed by atoms with E-state index in [-0.39, 0.29) is 24.4 Å². The second kappa shape index (κ2) is 11.3. The molecule has 2 aromatic rings. The van der Waals surface area contributed by atoms with Gasteiger partial charge in [0.15, 0.2) is 11.5 Å². The zero-order chi connectivity index (χ0) is 19.8. The van der Waals surface area contributed by atoms with E-state index >= 15 is 0 Å². The molecule has 1 unspecified atom stereocenters. The molecule has 160 valence electrons. The molecule has 1 aliphatic carbocycles. The first-order chi connectivity index (χ1) is 13.7. The van der Waals surface area contributed by atoms with Gasteiger partial charge in [0.05, 0.1) is 14.2 Å². The molecule has 0 aromatic heterocycles. The van der Waals surface area contributed by atoms with E-state index < -0.39 is 6.10 Å². The monoisotopic (exact) mass is 421 g/mol. The van der Waals surface area contributed by atoms with Crippen LogP contribution in [0.15, 0.2) is 48.5 Å². The lowest BCUT2D eigenvalue weighted by molar-refractivity contribution is 0.105. The number of rotatable bonds is 10. The maximum Gasteiger partial charge on any atom is 0.161 e. The molecule has 0 amide bonds. The van der Waals surface area contributed by atoms with Gasteiger partial charge in [0.1, 0.15) is 18.5 Å². The van der Waals surface area contributed by atoms with Crippen LogP contribution >= 0.6 is 12.4 Å². The quantitative estimate of drug-likeness (QED) is 0.608. The Labute approximate surface area is 179 Å². The molecule has 3 rings (SSSR count). The number of nitrogens with one attached hydrogen (secondary N) is 1. The molecule has 29 heavy (non-hydrogen) atoms. The van der Waals surface area contributed by atoms with Crippen LogP contribution in [0, 0.1) is 0 Å². The predicted molar refractivity (Wildman–Crippen MR) is 118 cm³/mol. The smallest absolute Gasteiger partial charge is 0.161 e. The zero-order valence-electron chi connectivity index (χ0n) is 17.2. The van der Waals surface area contributed by atoms with Crippen LogP contribution in [0.3, 0.4) is 0 Å². The van der Waals surface area contributed by atoms with Gasteiger partial charge in [-0.25, -0.2) is 0 Å². The molecule has 1 saturated carbocycles. The van der Waals surface area contributed by atoms with Crippen molar-refractivity contribution in [1.29, 1.82) is 0 Å². The highest BCUT2D eigenvalue weighted by molar-refractivity contribution is 5.85. The summed E-state index contributed by atoms with van der Waals surface area (Å²) in [5.74, 6) is 2.29. The summed E-state index contributed by atoms with van der Waals surface area (Å²) in [5, 5.41) is 13.7. The van der Waals surface area contributed by atoms with Crippen LogP contribution in [0.25, 0.3) is 0 Å². The first-order valence-corrected chi connectivity index (χ1v) is 9.96. The predicted octanol–water partition coefficient (Wildman–Crippen LogP) is 3.97. The van der Waals surface area contributed by atoms with Crippen molar-refractivity contribution < 1.29 is 19.3 Å². The Morgan fingerprint density at radius 2 is 1.69 bits per heavy atom. The van der Waals surface area contributed by atoms with Crippen LogP contribution in [0.1, 0.15) is 31.2 Å². The van der Waals surface area contributed by atoms with Crippen molar-refractivity contribution in [2.24, 2.45) is 0 Å². The third kappa shape index (κ3) is 6.01. The topological polar surface area (TPSA) is 60.0 Å². The molecule has 2 N–H and O–H groups in total. The van der Waals surface area contributed by atoms with E-state index in [1.54, 1.807) is 14.2 Å². The third-order valence-electron chi connectivity index (χ3n) is 5.59. The standard InChI is InChI=1S/C23H31NO4.ClH/c1-26-21-11-10-18(14-22(21)27-2)23(12-6-7-13-23)17-24-15-19(25)16-28-20-8-4-3-5-9-20;/h3-5,8-11,14,19,24-25H,6-7,12-13,15-17H2,1-2H3;1H. The van der Waals surface area contributed by atoms with Gasteiger partial charge in [-0.2, -0.15) is 0 Å². The van der Waals surface area contributed by atoms with Crippen LogP contribution in [0.5, 0.6) is 17.2 Å². The summed E-state index contributed by atoms with van der Waals surface area (Å²) in [6.07, 6.45) is 4.15. The van der Waals surface area contributed by atoms with E-state index in [1.807, 2.05) is 36.4 Å². The molecule has 6 heteroatoms. The van der Waals surface area contributed by atoms with Crippen molar-refractivity contribution in [2.45, 2.75) is 37.2 Å². The molecule has 0 saturated heterocycles. The number of methoxy groups -OCH3 is 2. The summed E-state index contributed by atoms with van der Waals surface area (Å²) in [7, 11) is 3.33. The maximum absolute atomic E-state index is 10.3. The fraction of sp³-hybridized carbons (Fsp3) is 0.478. The summed E-state index contributed by atoms with van der Waals surface area (Å²) in [5.41, 5.74) is 1.34. The Morgan fingerprint density at radius 3 is 2.34 bits per heavy atom. The van der Waals surface area contributed by atoms with E-state index in [0.717, 1.165) is 36.6 Å². The zero-order valence-corrected chi connectivity index (χ0v) is 18.0. The number of halogens is 1. The second-order valence-corrected chi connectivity index (χ2v) is 7.47. The van der Waals surface area contributed by atoms with Crippen molar-refractivity contribution in [2.75, 3.05) is 33.9 Å². The fourth-order valence-electron chi connectivity index (χ4n) is 4.03. The van der Waals surface area contributed by atoms with Crippen molar-refractivity contribution in [3.05, 3.63) is 54.1 Å². The number of hydrogen-bond acceptors (Lipinski definition) is 5. The van der Waals surface area contributed by atoms with Crippen LogP contribution in [0.2, 0.25) is 0 Å². The van der Waals surface area contributed by atoms with E-state index in [0.29, 0.717) is 6.54 Å². The normalized spacial score (nSPS) is 16.0. The average molecular weight is 422 g/mol. The minimum atomic E-state index is -0.552. The fourth-order valence-corrected chi connectivity index (χ4v) is 4.03. The summed E-state index contributed by atoms with van der Waals surface area (Å²) in [6.45, 7) is 1.60. The lowest BCUT2D eigenvalue weighted by Gasteiger charge is -2.31. The SMILES string of the molecule is COc1ccc(C2(CNCC(O)COc3ccccc3)CCCC2)cc1OC.Cl. The number of aliphatic hydroxyl groups excluding tert-OH is 1. The Bertz CT molecular complexity index is 735. The molecule has 1 fully saturated rings. The largest absolute Gasteiger partial charge is 0.493 e. The molecule has 0 aliphatic heterocycles. The van der Waals surface area contributed by atoms with Crippen molar-refractivity contribution >= 4 is 12.4 Å². The van der Waals surface area contributed by atoms with Crippen LogP contribution in [0.4, 0.5) is 0 Å². The van der Waals surface area contributed by atoms with Gasteiger partial charge in [0.2, 0.25) is 0 Å². The van der Waals surface area contributed by atoms with E-state index in [4.69, 9.17) is 14.2 Å². The van der Waals surface area contributed by atoms with Crippen molar-refractivity contribution in [1.82, 2.24) is 5.32 Å². The van der Waals surface area contributed by atoms with Crippen LogP contribution in [-0.4, -0.2) is 45.1 Å². The van der Waals surface area contributed by atoms with E-state index in [2.05, 4.69) is 17.4 Å². The van der Waals surface area contributed by atoms with Crippen LogP contribution < -0.4 is 19.5 Å². The third-order valence-corrected chi connectivity index (χ3v) is 5.59. The number of hydrogen-bond donors (Lipinski definition) is 2. The molecule has 2 aromatic carbocycles. The summed E-state index contributed by atoms with van der Waals surface area (Å²) in [4.78, 5) is 0. The minimum absolute atomic E-state index is 0. The Hall–Kier alpha value is -1.95. The second-order valence-electron chi connectivity index (χ2n) is 7.47. The molecular formula is C23H32ClNO4. The van der Waals surface area contributed by atoms with Crippen molar-refractivity contribution in [3.8, 4) is 17.2 Å². The van der Waals surface area contributed by atoms with Gasteiger partial charge in [-0.15, -0.1) is 12.4 Å². The van der Waals surface area contributed by atoms with Gasteiger partial charge in [-0.1, -0.05) is 37.1 Å². The van der Waals surface area contributed by atoms with Gasteiger partial charge in [0.25, 0.3) is 0 Å². The van der Waals surface area contributed by atoms with Gasteiger partial charge < -0.3 is 24.6 Å². The lowest BCUT2D eigenvalue weighted by atomic mass is 9.78. The van der Waals surface area contributed by atoms with Crippen LogP contribution in [-0.2, 0) is 5.41 Å². The van der Waals surface area contributed by atoms with Gasteiger partial charge in [-0.3, -0.25) is 0 Å². The Balaban J connectivity index is 0.00000300. The first-order valence-electron chi connectivity index (χ1n) is 9.96. The molecule has 0 bridgehead atoms. The number of benzene rings is 2. The molecule has 0 spiro atoms. The van der Waals surface area contributed by atoms with E-state index in [1.165, 1.54) is 18.4 Å². The summed E-state index contributed by atoms with van der Waals surface area (Å²) >= 11 is 0. The number of ether oxygens (including phenoxy) is 3. The van der Waals surface area contributed by atoms with E-state index in [9.17, 15) is 5.11 Å². The van der Waals surface area contributed by atoms with Gasteiger partial charge in [0, 0.05) is 18.5 Å². The lowest BCUT2D eigenvalue weighted by Crippen LogP contribution is -2.40. The Morgan fingerprint density at radius 1 is 1.00 bits per heavy atom. The number of para-hydroxylation sites is 1. The highest BCUT2D eigenvalue weighted by Gasteiger charge is 2.36. The first kappa shape index (κ1) is 23.3. The molecule has 5 nitrogen and oxygen atoms in total. The summed E-state index contributed by atoms with van der Waals surface area (Å²) < 4.78 is 16.5. The molecule has 0 radical (unpaired) electrons. The van der Waals surface area contributed by atoms with Crippen molar-refractivity contribution in [3.63, 3.8) is 0 Å². The molecule has 1 aliphatic rings.